The first-order valence-corrected chi connectivity index (χ1v) is 10.8. The van der Waals surface area contributed by atoms with Gasteiger partial charge >= 0.3 is 0 Å². The summed E-state index contributed by atoms with van der Waals surface area (Å²) in [4.78, 5) is 0. The number of hydrogen-bond acceptors (Lipinski definition) is 5. The number of rotatable bonds is 3. The molecule has 0 bridgehead atoms. The zero-order valence-corrected chi connectivity index (χ0v) is 18.0. The summed E-state index contributed by atoms with van der Waals surface area (Å²) < 4.78 is 0.917. The molecule has 2 rings (SSSR count). The molecule has 1 heterocycles. The fourth-order valence-electron chi connectivity index (χ4n) is 2.72. The Kier molecular flexibility index (Phi) is 6.33. The zero-order valence-electron chi connectivity index (χ0n) is 15.5. The Balaban J connectivity index is 2.33. The second-order valence-corrected chi connectivity index (χ2v) is 11.3. The number of hydrogen-bond donors (Lipinski definition) is 2. The van der Waals surface area contributed by atoms with Gasteiger partial charge in [-0.1, -0.05) is 53.8 Å². The molecule has 1 atom stereocenters. The molecule has 0 amide bonds. The summed E-state index contributed by atoms with van der Waals surface area (Å²) in [5.74, 6) is 2.58. The molecule has 2 nitrogen and oxygen atoms in total. The third-order valence-electron chi connectivity index (χ3n) is 4.12. The minimum absolute atomic E-state index is 0.122. The molecule has 2 N–H and O–H groups in total. The normalized spacial score (nSPS) is 18.8. The van der Waals surface area contributed by atoms with Crippen molar-refractivity contribution >= 4 is 39.9 Å². The van der Waals surface area contributed by atoms with Crippen LogP contribution in [-0.4, -0.2) is 32.7 Å². The fraction of sp³-hybridized carbons (Fsp3) is 0.632. The molecular formula is C19H29NOS3. The van der Waals surface area contributed by atoms with Crippen LogP contribution in [0.15, 0.2) is 12.1 Å². The van der Waals surface area contributed by atoms with E-state index in [4.69, 9.17) is 12.2 Å². The first-order chi connectivity index (χ1) is 11.0. The number of phenols is 1. The molecule has 1 aliphatic heterocycles. The summed E-state index contributed by atoms with van der Waals surface area (Å²) in [5, 5.41) is 14.8. The molecule has 1 aromatic rings. The molecule has 0 radical (unpaired) electrons. The van der Waals surface area contributed by atoms with Gasteiger partial charge in [-0.25, -0.2) is 0 Å². The Morgan fingerprint density at radius 2 is 1.75 bits per heavy atom. The van der Waals surface area contributed by atoms with Gasteiger partial charge in [0.25, 0.3) is 0 Å². The Bertz CT molecular complexity index is 573. The SMILES string of the molecule is CC(C)(C)c1cc(C(=S)SCC2NCCS2)cc(C(C)(C)C)c1O. The van der Waals surface area contributed by atoms with E-state index in [2.05, 4.69) is 59.0 Å². The van der Waals surface area contributed by atoms with Crippen LogP contribution < -0.4 is 5.32 Å². The highest BCUT2D eigenvalue weighted by Gasteiger charge is 2.27. The minimum atomic E-state index is -0.122. The average Bonchev–Trinajstić information content (AvgIpc) is 2.95. The predicted molar refractivity (Wildman–Crippen MR) is 114 cm³/mol. The van der Waals surface area contributed by atoms with Crippen molar-refractivity contribution in [2.75, 3.05) is 18.1 Å². The van der Waals surface area contributed by atoms with E-state index in [1.807, 2.05) is 11.8 Å². The monoisotopic (exact) mass is 383 g/mol. The van der Waals surface area contributed by atoms with E-state index in [1.165, 1.54) is 5.75 Å². The van der Waals surface area contributed by atoms with E-state index in [-0.39, 0.29) is 10.8 Å². The van der Waals surface area contributed by atoms with Crippen LogP contribution in [0.3, 0.4) is 0 Å². The van der Waals surface area contributed by atoms with Crippen LogP contribution in [0, 0.1) is 0 Å². The molecule has 134 valence electrons. The second-order valence-electron chi connectivity index (χ2n) is 8.33. The molecule has 24 heavy (non-hydrogen) atoms. The minimum Gasteiger partial charge on any atom is -0.507 e. The second kappa shape index (κ2) is 7.56. The van der Waals surface area contributed by atoms with E-state index in [0.29, 0.717) is 11.1 Å². The predicted octanol–water partition coefficient (Wildman–Crippen LogP) is 5.06. The molecule has 1 aromatic carbocycles. The fourth-order valence-corrected chi connectivity index (χ4v) is 5.09. The third kappa shape index (κ3) is 4.90. The maximum Gasteiger partial charge on any atom is 0.123 e. The number of phenolic OH excluding ortho intramolecular Hbond substituents is 1. The van der Waals surface area contributed by atoms with Gasteiger partial charge in [0.2, 0.25) is 0 Å². The van der Waals surface area contributed by atoms with E-state index >= 15 is 0 Å². The van der Waals surface area contributed by atoms with Gasteiger partial charge in [0.15, 0.2) is 0 Å². The highest BCUT2D eigenvalue weighted by molar-refractivity contribution is 8.24. The smallest absolute Gasteiger partial charge is 0.123 e. The van der Waals surface area contributed by atoms with E-state index in [9.17, 15) is 5.11 Å². The zero-order chi connectivity index (χ0) is 18.1. The van der Waals surface area contributed by atoms with Crippen molar-refractivity contribution in [2.45, 2.75) is 57.7 Å². The lowest BCUT2D eigenvalue weighted by Crippen LogP contribution is -2.22. The van der Waals surface area contributed by atoms with Crippen molar-refractivity contribution in [2.24, 2.45) is 0 Å². The number of aromatic hydroxyl groups is 1. The van der Waals surface area contributed by atoms with Crippen molar-refractivity contribution in [3.8, 4) is 5.75 Å². The van der Waals surface area contributed by atoms with Gasteiger partial charge in [-0.15, -0.1) is 23.5 Å². The number of thioether (sulfide) groups is 2. The third-order valence-corrected chi connectivity index (χ3v) is 7.09. The summed E-state index contributed by atoms with van der Waals surface area (Å²) in [6, 6.07) is 4.16. The summed E-state index contributed by atoms with van der Waals surface area (Å²) in [5.41, 5.74) is 2.76. The van der Waals surface area contributed by atoms with Crippen molar-refractivity contribution in [3.05, 3.63) is 28.8 Å². The van der Waals surface area contributed by atoms with Crippen LogP contribution in [0.4, 0.5) is 0 Å². The van der Waals surface area contributed by atoms with Gasteiger partial charge in [0.05, 0.1) is 9.57 Å². The molecule has 1 saturated heterocycles. The van der Waals surface area contributed by atoms with Crippen LogP contribution in [0.5, 0.6) is 5.75 Å². The molecule has 0 saturated carbocycles. The van der Waals surface area contributed by atoms with E-state index in [0.717, 1.165) is 33.2 Å². The molecule has 0 aliphatic carbocycles. The van der Waals surface area contributed by atoms with Gasteiger partial charge in [-0.05, 0) is 28.5 Å². The lowest BCUT2D eigenvalue weighted by Gasteiger charge is -2.28. The van der Waals surface area contributed by atoms with Crippen LogP contribution >= 0.6 is 35.7 Å². The topological polar surface area (TPSA) is 32.3 Å². The maximum atomic E-state index is 10.8. The molecule has 0 aromatic heterocycles. The van der Waals surface area contributed by atoms with Crippen molar-refractivity contribution in [3.63, 3.8) is 0 Å². The standard InChI is InChI=1S/C19H29NOS3/c1-18(2,3)13-9-12(10-14(16(13)21)19(4,5)6)17(22)24-11-15-20-7-8-23-15/h9-10,15,20-21H,7-8,11H2,1-6H3. The van der Waals surface area contributed by atoms with Gasteiger partial charge in [0, 0.05) is 29.2 Å². The maximum absolute atomic E-state index is 10.8. The Hall–Kier alpha value is -0.230. The van der Waals surface area contributed by atoms with E-state index in [1.54, 1.807) is 11.8 Å². The summed E-state index contributed by atoms with van der Waals surface area (Å²) >= 11 is 9.41. The quantitative estimate of drug-likeness (QED) is 0.713. The van der Waals surface area contributed by atoms with Crippen molar-refractivity contribution in [1.29, 1.82) is 0 Å². The summed E-state index contributed by atoms with van der Waals surface area (Å²) in [6.07, 6.45) is 0. The van der Waals surface area contributed by atoms with Crippen LogP contribution in [0.1, 0.15) is 58.2 Å². The first-order valence-electron chi connectivity index (χ1n) is 8.40. The first kappa shape index (κ1) is 20.1. The van der Waals surface area contributed by atoms with Crippen LogP contribution in [0.25, 0.3) is 0 Å². The molecule has 1 aliphatic rings. The molecule has 1 fully saturated rings. The lowest BCUT2D eigenvalue weighted by atomic mass is 9.78. The Labute approximate surface area is 160 Å². The summed E-state index contributed by atoms with van der Waals surface area (Å²) in [6.45, 7) is 13.9. The largest absolute Gasteiger partial charge is 0.507 e. The van der Waals surface area contributed by atoms with Gasteiger partial charge in [0.1, 0.15) is 5.75 Å². The van der Waals surface area contributed by atoms with E-state index < -0.39 is 0 Å². The van der Waals surface area contributed by atoms with Gasteiger partial charge in [-0.3, -0.25) is 0 Å². The number of thiocarbonyl (C=S) groups is 1. The van der Waals surface area contributed by atoms with Crippen LogP contribution in [-0.2, 0) is 10.8 Å². The molecule has 0 spiro atoms. The molecule has 1 unspecified atom stereocenters. The highest BCUT2D eigenvalue weighted by atomic mass is 32.2. The molecular weight excluding hydrogens is 354 g/mol. The van der Waals surface area contributed by atoms with Gasteiger partial charge < -0.3 is 10.4 Å². The number of benzene rings is 1. The summed E-state index contributed by atoms with van der Waals surface area (Å²) in [7, 11) is 0. The Morgan fingerprint density at radius 1 is 1.21 bits per heavy atom. The van der Waals surface area contributed by atoms with Crippen LogP contribution in [0.2, 0.25) is 0 Å². The lowest BCUT2D eigenvalue weighted by molar-refractivity contribution is 0.423. The number of nitrogens with one attached hydrogen (secondary N) is 1. The highest BCUT2D eigenvalue weighted by Crippen LogP contribution is 2.40. The Morgan fingerprint density at radius 3 is 2.17 bits per heavy atom. The van der Waals surface area contributed by atoms with Crippen molar-refractivity contribution in [1.82, 2.24) is 5.32 Å². The molecule has 5 heteroatoms. The van der Waals surface area contributed by atoms with Gasteiger partial charge in [-0.2, -0.15) is 0 Å². The average molecular weight is 384 g/mol. The van der Waals surface area contributed by atoms with Crippen molar-refractivity contribution < 1.29 is 5.11 Å².